The van der Waals surface area contributed by atoms with Crippen LogP contribution in [-0.4, -0.2) is 29.7 Å². The average Bonchev–Trinajstić information content (AvgIpc) is 3.16. The third-order valence-corrected chi connectivity index (χ3v) is 4.85. The molecule has 1 saturated carbocycles. The summed E-state index contributed by atoms with van der Waals surface area (Å²) >= 11 is 0. The Bertz CT molecular complexity index is 551. The number of nitrogens with zero attached hydrogens (tertiary/aromatic N) is 2. The summed E-state index contributed by atoms with van der Waals surface area (Å²) in [6, 6.07) is 2.05. The van der Waals surface area contributed by atoms with E-state index in [1.807, 2.05) is 30.9 Å². The molecule has 1 saturated heterocycles. The molecule has 2 fully saturated rings. The first-order chi connectivity index (χ1) is 9.37. The average molecular weight is 272 g/mol. The normalized spacial score (nSPS) is 32.1. The third kappa shape index (κ3) is 2.06. The van der Waals surface area contributed by atoms with Crippen molar-refractivity contribution < 1.29 is 9.59 Å². The van der Waals surface area contributed by atoms with Gasteiger partial charge in [-0.05, 0) is 25.7 Å². The SMILES string of the molecule is CC1(C)CC2(C=C(C#N)C1=O)CCN(C(=O)C1CC1)C2. The van der Waals surface area contributed by atoms with Gasteiger partial charge in [0.2, 0.25) is 5.91 Å². The highest BCUT2D eigenvalue weighted by Crippen LogP contribution is 2.48. The van der Waals surface area contributed by atoms with Gasteiger partial charge in [-0.1, -0.05) is 19.9 Å². The van der Waals surface area contributed by atoms with Crippen molar-refractivity contribution in [1.29, 1.82) is 5.26 Å². The Labute approximate surface area is 119 Å². The number of nitriles is 1. The van der Waals surface area contributed by atoms with E-state index in [1.54, 1.807) is 0 Å². The Balaban J connectivity index is 1.86. The van der Waals surface area contributed by atoms with Crippen molar-refractivity contribution in [3.63, 3.8) is 0 Å². The van der Waals surface area contributed by atoms with Crippen molar-refractivity contribution >= 4 is 11.7 Å². The van der Waals surface area contributed by atoms with E-state index in [4.69, 9.17) is 0 Å². The van der Waals surface area contributed by atoms with E-state index in [-0.39, 0.29) is 28.6 Å². The third-order valence-electron chi connectivity index (χ3n) is 4.85. The Hall–Kier alpha value is -1.63. The first kappa shape index (κ1) is 13.4. The monoisotopic (exact) mass is 272 g/mol. The van der Waals surface area contributed by atoms with Gasteiger partial charge in [0.1, 0.15) is 6.07 Å². The van der Waals surface area contributed by atoms with Crippen LogP contribution in [0.3, 0.4) is 0 Å². The summed E-state index contributed by atoms with van der Waals surface area (Å²) in [6.07, 6.45) is 5.49. The zero-order chi connectivity index (χ0) is 14.5. The number of carbonyl (C=O) groups excluding carboxylic acids is 2. The summed E-state index contributed by atoms with van der Waals surface area (Å²) < 4.78 is 0. The number of carbonyl (C=O) groups is 2. The van der Waals surface area contributed by atoms with Crippen LogP contribution >= 0.6 is 0 Å². The molecule has 1 amide bonds. The summed E-state index contributed by atoms with van der Waals surface area (Å²) in [5.74, 6) is 0.448. The minimum Gasteiger partial charge on any atom is -0.342 e. The molecule has 0 radical (unpaired) electrons. The van der Waals surface area contributed by atoms with Crippen molar-refractivity contribution in [1.82, 2.24) is 4.90 Å². The van der Waals surface area contributed by atoms with E-state index in [0.29, 0.717) is 6.54 Å². The largest absolute Gasteiger partial charge is 0.342 e. The molecular weight excluding hydrogens is 252 g/mol. The molecule has 2 aliphatic carbocycles. The highest BCUT2D eigenvalue weighted by Gasteiger charge is 2.49. The van der Waals surface area contributed by atoms with Crippen molar-refractivity contribution in [2.75, 3.05) is 13.1 Å². The van der Waals surface area contributed by atoms with Crippen LogP contribution in [0.1, 0.15) is 39.5 Å². The summed E-state index contributed by atoms with van der Waals surface area (Å²) in [7, 11) is 0. The van der Waals surface area contributed by atoms with Crippen LogP contribution in [0.5, 0.6) is 0 Å². The quantitative estimate of drug-likeness (QED) is 0.734. The lowest BCUT2D eigenvalue weighted by Crippen LogP contribution is -2.41. The van der Waals surface area contributed by atoms with Crippen molar-refractivity contribution in [3.05, 3.63) is 11.6 Å². The standard InChI is InChI=1S/C16H20N2O2/c1-15(2)9-16(7-12(8-17)13(15)19)5-6-18(10-16)14(20)11-3-4-11/h7,11H,3-6,9-10H2,1-2H3. The zero-order valence-corrected chi connectivity index (χ0v) is 12.1. The first-order valence-electron chi connectivity index (χ1n) is 7.33. The Morgan fingerprint density at radius 1 is 1.45 bits per heavy atom. The Morgan fingerprint density at radius 2 is 2.15 bits per heavy atom. The Kier molecular flexibility index (Phi) is 2.79. The van der Waals surface area contributed by atoms with Crippen LogP contribution in [0.15, 0.2) is 11.6 Å². The zero-order valence-electron chi connectivity index (χ0n) is 12.1. The minimum absolute atomic E-state index is 0.0578. The van der Waals surface area contributed by atoms with Gasteiger partial charge in [0.05, 0.1) is 5.57 Å². The number of hydrogen-bond acceptors (Lipinski definition) is 3. The number of ketones is 1. The molecule has 4 nitrogen and oxygen atoms in total. The van der Waals surface area contributed by atoms with Crippen molar-refractivity contribution in [2.45, 2.75) is 39.5 Å². The molecule has 0 aromatic rings. The molecule has 0 bridgehead atoms. The number of likely N-dealkylation sites (tertiary alicyclic amines) is 1. The van der Waals surface area contributed by atoms with E-state index in [2.05, 4.69) is 0 Å². The van der Waals surface area contributed by atoms with Gasteiger partial charge >= 0.3 is 0 Å². The van der Waals surface area contributed by atoms with Crippen LogP contribution in [0.2, 0.25) is 0 Å². The van der Waals surface area contributed by atoms with Gasteiger partial charge in [-0.15, -0.1) is 0 Å². The molecule has 0 N–H and O–H groups in total. The molecule has 4 heteroatoms. The molecule has 1 unspecified atom stereocenters. The highest BCUT2D eigenvalue weighted by molar-refractivity contribution is 6.03. The second-order valence-electron chi connectivity index (χ2n) is 7.21. The summed E-state index contributed by atoms with van der Waals surface area (Å²) in [6.45, 7) is 5.25. The van der Waals surface area contributed by atoms with Crippen LogP contribution in [0.25, 0.3) is 0 Å². The van der Waals surface area contributed by atoms with Gasteiger partial charge in [-0.2, -0.15) is 5.26 Å². The molecule has 1 aliphatic heterocycles. The summed E-state index contributed by atoms with van der Waals surface area (Å²) in [4.78, 5) is 26.3. The molecule has 20 heavy (non-hydrogen) atoms. The van der Waals surface area contributed by atoms with Gasteiger partial charge in [0.15, 0.2) is 5.78 Å². The lowest BCUT2D eigenvalue weighted by Gasteiger charge is -2.38. The smallest absolute Gasteiger partial charge is 0.225 e. The van der Waals surface area contributed by atoms with Crippen molar-refractivity contribution in [2.24, 2.45) is 16.7 Å². The molecule has 0 aromatic carbocycles. The maximum absolute atomic E-state index is 12.2. The highest BCUT2D eigenvalue weighted by atomic mass is 16.2. The predicted octanol–water partition coefficient (Wildman–Crippen LogP) is 2.06. The number of amides is 1. The van der Waals surface area contributed by atoms with E-state index in [1.165, 1.54) is 0 Å². The topological polar surface area (TPSA) is 61.2 Å². The number of allylic oxidation sites excluding steroid dienone is 1. The molecule has 3 aliphatic rings. The lowest BCUT2D eigenvalue weighted by molar-refractivity contribution is -0.131. The fourth-order valence-corrected chi connectivity index (χ4v) is 3.77. The number of hydrogen-bond donors (Lipinski definition) is 0. The van der Waals surface area contributed by atoms with Gasteiger partial charge in [0.25, 0.3) is 0 Å². The van der Waals surface area contributed by atoms with E-state index in [0.717, 1.165) is 32.2 Å². The van der Waals surface area contributed by atoms with Gasteiger partial charge in [-0.25, -0.2) is 0 Å². The molecular formula is C16H20N2O2. The van der Waals surface area contributed by atoms with Crippen molar-refractivity contribution in [3.8, 4) is 6.07 Å². The van der Waals surface area contributed by atoms with Gasteiger partial charge in [-0.3, -0.25) is 9.59 Å². The maximum Gasteiger partial charge on any atom is 0.225 e. The summed E-state index contributed by atoms with van der Waals surface area (Å²) in [5, 5.41) is 9.19. The van der Waals surface area contributed by atoms with E-state index < -0.39 is 5.41 Å². The lowest BCUT2D eigenvalue weighted by atomic mass is 9.64. The maximum atomic E-state index is 12.2. The predicted molar refractivity (Wildman–Crippen MR) is 73.5 cm³/mol. The number of Topliss-reactive ketones (excluding diaryl/α,β-unsaturated/α-hetero) is 1. The fraction of sp³-hybridized carbons (Fsp3) is 0.688. The molecule has 1 spiro atoms. The molecule has 1 heterocycles. The van der Waals surface area contributed by atoms with E-state index >= 15 is 0 Å². The van der Waals surface area contributed by atoms with Crippen LogP contribution in [-0.2, 0) is 9.59 Å². The van der Waals surface area contributed by atoms with Crippen LogP contribution in [0, 0.1) is 28.1 Å². The van der Waals surface area contributed by atoms with Gasteiger partial charge < -0.3 is 4.90 Å². The molecule has 3 rings (SSSR count). The van der Waals surface area contributed by atoms with Crippen LogP contribution in [0.4, 0.5) is 0 Å². The Morgan fingerprint density at radius 3 is 2.75 bits per heavy atom. The molecule has 106 valence electrons. The minimum atomic E-state index is -0.502. The fourth-order valence-electron chi connectivity index (χ4n) is 3.77. The van der Waals surface area contributed by atoms with Crippen LogP contribution < -0.4 is 0 Å². The first-order valence-corrected chi connectivity index (χ1v) is 7.33. The number of rotatable bonds is 1. The molecule has 0 aromatic heterocycles. The second-order valence-corrected chi connectivity index (χ2v) is 7.21. The molecule has 1 atom stereocenters. The second kappa shape index (κ2) is 4.18. The van der Waals surface area contributed by atoms with E-state index in [9.17, 15) is 14.9 Å². The summed E-state index contributed by atoms with van der Waals surface area (Å²) in [5.41, 5.74) is -0.396. The van der Waals surface area contributed by atoms with Gasteiger partial charge in [0, 0.05) is 29.8 Å².